The Morgan fingerprint density at radius 2 is 1.90 bits per heavy atom. The van der Waals surface area contributed by atoms with Gasteiger partial charge in [0.1, 0.15) is 0 Å². The van der Waals surface area contributed by atoms with Gasteiger partial charge in [-0.2, -0.15) is 0 Å². The number of carbonyl (C=O) groups excluding carboxylic acids is 1. The van der Waals surface area contributed by atoms with Gasteiger partial charge >= 0.3 is 0 Å². The fourth-order valence-electron chi connectivity index (χ4n) is 3.80. The number of anilines is 1. The van der Waals surface area contributed by atoms with Crippen LogP contribution in [-0.2, 0) is 0 Å². The van der Waals surface area contributed by atoms with E-state index in [-0.39, 0.29) is 11.9 Å². The Labute approximate surface area is 125 Å². The lowest BCUT2D eigenvalue weighted by Crippen LogP contribution is -2.55. The van der Waals surface area contributed by atoms with E-state index in [1.165, 1.54) is 19.3 Å². The quantitative estimate of drug-likeness (QED) is 0.585. The average Bonchev–Trinajstić information content (AvgIpc) is 2.48. The molecular weight excluding hydrogens is 264 g/mol. The van der Waals surface area contributed by atoms with E-state index in [9.17, 15) is 4.79 Å². The zero-order valence-electron chi connectivity index (χ0n) is 12.5. The van der Waals surface area contributed by atoms with E-state index in [0.29, 0.717) is 23.3 Å². The number of amides is 1. The first kappa shape index (κ1) is 14.4. The van der Waals surface area contributed by atoms with Crippen molar-refractivity contribution >= 4 is 11.6 Å². The normalized spacial score (nSPS) is 29.0. The molecule has 1 aromatic rings. The highest BCUT2D eigenvalue weighted by atomic mass is 16.1. The van der Waals surface area contributed by atoms with E-state index in [1.807, 2.05) is 18.2 Å². The van der Waals surface area contributed by atoms with Crippen molar-refractivity contribution < 1.29 is 4.79 Å². The van der Waals surface area contributed by atoms with E-state index in [4.69, 9.17) is 5.84 Å². The SMILES string of the molecule is CN1C2CCCC1CC(NC(=O)c1ccccc1NN)C2. The Hall–Kier alpha value is -1.59. The van der Waals surface area contributed by atoms with Gasteiger partial charge in [0.05, 0.1) is 11.3 Å². The lowest BCUT2D eigenvalue weighted by atomic mass is 9.82. The van der Waals surface area contributed by atoms with E-state index >= 15 is 0 Å². The molecule has 2 fully saturated rings. The Kier molecular flexibility index (Phi) is 4.12. The molecule has 0 saturated carbocycles. The number of hydrazine groups is 1. The van der Waals surface area contributed by atoms with Crippen LogP contribution in [0, 0.1) is 0 Å². The molecule has 1 aromatic carbocycles. The van der Waals surface area contributed by atoms with E-state index < -0.39 is 0 Å². The number of hydrogen-bond donors (Lipinski definition) is 3. The number of benzene rings is 1. The van der Waals surface area contributed by atoms with Gasteiger partial charge in [0.25, 0.3) is 5.91 Å². The van der Waals surface area contributed by atoms with Crippen molar-refractivity contribution in [2.75, 3.05) is 12.5 Å². The summed E-state index contributed by atoms with van der Waals surface area (Å²) in [5, 5.41) is 3.20. The van der Waals surface area contributed by atoms with Crippen LogP contribution in [-0.4, -0.2) is 36.0 Å². The predicted octanol–water partition coefficient (Wildman–Crippen LogP) is 1.72. The minimum absolute atomic E-state index is 0.0313. The standard InChI is InChI=1S/C16H24N4O/c1-20-12-5-4-6-13(20)10-11(9-12)18-16(21)14-7-2-3-8-15(14)19-17/h2-3,7-8,11-13,19H,4-6,9-10,17H2,1H3,(H,18,21). The fourth-order valence-corrected chi connectivity index (χ4v) is 3.80. The minimum Gasteiger partial charge on any atom is -0.349 e. The van der Waals surface area contributed by atoms with Gasteiger partial charge in [-0.15, -0.1) is 0 Å². The van der Waals surface area contributed by atoms with Crippen molar-refractivity contribution in [3.05, 3.63) is 29.8 Å². The molecule has 2 aliphatic heterocycles. The van der Waals surface area contributed by atoms with Crippen LogP contribution in [0.2, 0.25) is 0 Å². The summed E-state index contributed by atoms with van der Waals surface area (Å²) in [7, 11) is 2.22. The van der Waals surface area contributed by atoms with Crippen molar-refractivity contribution in [1.29, 1.82) is 0 Å². The van der Waals surface area contributed by atoms with Crippen LogP contribution in [0.3, 0.4) is 0 Å². The van der Waals surface area contributed by atoms with Crippen molar-refractivity contribution in [1.82, 2.24) is 10.2 Å². The van der Waals surface area contributed by atoms with E-state index in [0.717, 1.165) is 12.8 Å². The summed E-state index contributed by atoms with van der Waals surface area (Å²) in [6.07, 6.45) is 5.93. The molecule has 2 unspecified atom stereocenters. The molecule has 5 heteroatoms. The minimum atomic E-state index is -0.0313. The van der Waals surface area contributed by atoms with Crippen molar-refractivity contribution in [2.24, 2.45) is 5.84 Å². The molecule has 0 spiro atoms. The van der Waals surface area contributed by atoms with Gasteiger partial charge in [-0.1, -0.05) is 18.6 Å². The van der Waals surface area contributed by atoms with Gasteiger partial charge in [-0.05, 0) is 44.9 Å². The molecule has 114 valence electrons. The Balaban J connectivity index is 1.68. The molecule has 0 aromatic heterocycles. The highest BCUT2D eigenvalue weighted by Gasteiger charge is 2.36. The van der Waals surface area contributed by atoms with Gasteiger partial charge in [0.2, 0.25) is 0 Å². The van der Waals surface area contributed by atoms with Gasteiger partial charge in [-0.3, -0.25) is 10.6 Å². The first-order valence-electron chi connectivity index (χ1n) is 7.77. The second-order valence-electron chi connectivity index (χ2n) is 6.24. The molecule has 1 amide bonds. The molecule has 2 atom stereocenters. The summed E-state index contributed by atoms with van der Waals surface area (Å²) >= 11 is 0. The van der Waals surface area contributed by atoms with Crippen LogP contribution in [0.1, 0.15) is 42.5 Å². The second-order valence-corrected chi connectivity index (χ2v) is 6.24. The fraction of sp³-hybridized carbons (Fsp3) is 0.562. The summed E-state index contributed by atoms with van der Waals surface area (Å²) in [6, 6.07) is 8.86. The van der Waals surface area contributed by atoms with E-state index in [1.54, 1.807) is 6.07 Å². The smallest absolute Gasteiger partial charge is 0.253 e. The number of carbonyl (C=O) groups is 1. The highest BCUT2D eigenvalue weighted by Crippen LogP contribution is 2.32. The molecule has 4 N–H and O–H groups in total. The molecule has 21 heavy (non-hydrogen) atoms. The maximum absolute atomic E-state index is 12.5. The van der Waals surface area contributed by atoms with Gasteiger partial charge < -0.3 is 15.6 Å². The number of nitrogen functional groups attached to an aromatic ring is 1. The van der Waals surface area contributed by atoms with Crippen LogP contribution in [0.5, 0.6) is 0 Å². The van der Waals surface area contributed by atoms with Gasteiger partial charge in [0, 0.05) is 18.1 Å². The predicted molar refractivity (Wildman–Crippen MR) is 83.9 cm³/mol. The number of nitrogens with two attached hydrogens (primary N) is 1. The summed E-state index contributed by atoms with van der Waals surface area (Å²) in [5.74, 6) is 5.45. The summed E-state index contributed by atoms with van der Waals surface area (Å²) in [4.78, 5) is 15.0. The van der Waals surface area contributed by atoms with Crippen molar-refractivity contribution in [3.63, 3.8) is 0 Å². The molecule has 0 aliphatic carbocycles. The third-order valence-corrected chi connectivity index (χ3v) is 5.00. The molecule has 3 rings (SSSR count). The van der Waals surface area contributed by atoms with Gasteiger partial charge in [0.15, 0.2) is 0 Å². The number of hydrogen-bond acceptors (Lipinski definition) is 4. The summed E-state index contributed by atoms with van der Waals surface area (Å²) in [5.41, 5.74) is 3.88. The lowest BCUT2D eigenvalue weighted by molar-refractivity contribution is 0.0463. The largest absolute Gasteiger partial charge is 0.349 e. The molecule has 2 bridgehead atoms. The highest BCUT2D eigenvalue weighted by molar-refractivity contribution is 5.99. The van der Waals surface area contributed by atoms with Crippen LogP contribution < -0.4 is 16.6 Å². The number of nitrogens with one attached hydrogen (secondary N) is 2. The molecular formula is C16H24N4O. The zero-order valence-corrected chi connectivity index (χ0v) is 12.5. The lowest BCUT2D eigenvalue weighted by Gasteiger charge is -2.47. The maximum atomic E-state index is 12.5. The number of rotatable bonds is 3. The van der Waals surface area contributed by atoms with Crippen LogP contribution in [0.4, 0.5) is 5.69 Å². The van der Waals surface area contributed by atoms with Gasteiger partial charge in [-0.25, -0.2) is 0 Å². The van der Waals surface area contributed by atoms with E-state index in [2.05, 4.69) is 22.7 Å². The molecule has 2 aliphatic rings. The Morgan fingerprint density at radius 3 is 2.57 bits per heavy atom. The van der Waals surface area contributed by atoms with Crippen LogP contribution in [0.15, 0.2) is 24.3 Å². The first-order valence-corrected chi connectivity index (χ1v) is 7.77. The maximum Gasteiger partial charge on any atom is 0.253 e. The molecule has 2 saturated heterocycles. The third kappa shape index (κ3) is 2.89. The number of para-hydroxylation sites is 1. The third-order valence-electron chi connectivity index (χ3n) is 5.00. The first-order chi connectivity index (χ1) is 10.2. The average molecular weight is 288 g/mol. The number of fused-ring (bicyclic) bond motifs is 2. The summed E-state index contributed by atoms with van der Waals surface area (Å²) < 4.78 is 0. The Morgan fingerprint density at radius 1 is 1.24 bits per heavy atom. The molecule has 2 heterocycles. The van der Waals surface area contributed by atoms with Crippen LogP contribution >= 0.6 is 0 Å². The zero-order chi connectivity index (χ0) is 14.8. The monoisotopic (exact) mass is 288 g/mol. The van der Waals surface area contributed by atoms with Crippen molar-refractivity contribution in [2.45, 2.75) is 50.2 Å². The summed E-state index contributed by atoms with van der Waals surface area (Å²) in [6.45, 7) is 0. The van der Waals surface area contributed by atoms with Crippen LogP contribution in [0.25, 0.3) is 0 Å². The molecule has 5 nitrogen and oxygen atoms in total. The Bertz CT molecular complexity index is 505. The number of piperidine rings is 2. The number of nitrogens with zero attached hydrogens (tertiary/aromatic N) is 1. The molecule has 0 radical (unpaired) electrons. The topological polar surface area (TPSA) is 70.4 Å². The second kappa shape index (κ2) is 6.03. The van der Waals surface area contributed by atoms with Crippen molar-refractivity contribution in [3.8, 4) is 0 Å².